The number of benzene rings is 1. The fraction of sp³-hybridized carbons (Fsp3) is 0.562. The Labute approximate surface area is 133 Å². The van der Waals surface area contributed by atoms with Crippen molar-refractivity contribution in [2.24, 2.45) is 0 Å². The Balaban J connectivity index is 1.79. The zero-order valence-corrected chi connectivity index (χ0v) is 14.0. The molecule has 0 saturated heterocycles. The van der Waals surface area contributed by atoms with Crippen LogP contribution >= 0.6 is 15.9 Å². The highest BCUT2D eigenvalue weighted by Gasteiger charge is 2.24. The third-order valence-corrected chi connectivity index (χ3v) is 4.65. The molecule has 1 aliphatic carbocycles. The standard InChI is InChI=1S/C16H21BrN2O2/c1-9(2)16-19-13-7-10(6-11(17)15(13)21-16)8-18-12-4-3-5-14(12)20/h6-7,9,12,14,18,20H,3-5,8H2,1-2H3/t12-,14-/m0/s1. The van der Waals surface area contributed by atoms with Crippen molar-refractivity contribution in [3.05, 3.63) is 28.1 Å². The van der Waals surface area contributed by atoms with E-state index < -0.39 is 0 Å². The van der Waals surface area contributed by atoms with Crippen molar-refractivity contribution in [3.63, 3.8) is 0 Å². The van der Waals surface area contributed by atoms with Gasteiger partial charge in [-0.25, -0.2) is 4.98 Å². The molecule has 21 heavy (non-hydrogen) atoms. The highest BCUT2D eigenvalue weighted by molar-refractivity contribution is 9.10. The number of aliphatic hydroxyl groups is 1. The maximum atomic E-state index is 9.86. The Morgan fingerprint density at radius 1 is 1.43 bits per heavy atom. The lowest BCUT2D eigenvalue weighted by Gasteiger charge is -2.16. The highest BCUT2D eigenvalue weighted by atomic mass is 79.9. The second-order valence-electron chi connectivity index (χ2n) is 6.12. The molecule has 1 heterocycles. The summed E-state index contributed by atoms with van der Waals surface area (Å²) in [5.74, 6) is 1.04. The van der Waals surface area contributed by atoms with E-state index in [9.17, 15) is 5.11 Å². The van der Waals surface area contributed by atoms with Crippen molar-refractivity contribution in [2.75, 3.05) is 0 Å². The van der Waals surface area contributed by atoms with Crippen LogP contribution in [0.3, 0.4) is 0 Å². The van der Waals surface area contributed by atoms with Crippen LogP contribution in [-0.4, -0.2) is 22.2 Å². The first-order chi connectivity index (χ1) is 10.0. The third-order valence-electron chi connectivity index (χ3n) is 4.06. The Morgan fingerprint density at radius 3 is 2.90 bits per heavy atom. The van der Waals surface area contributed by atoms with Crippen LogP contribution in [0.2, 0.25) is 0 Å². The number of aliphatic hydroxyl groups excluding tert-OH is 1. The van der Waals surface area contributed by atoms with Gasteiger partial charge in [-0.1, -0.05) is 13.8 Å². The van der Waals surface area contributed by atoms with Crippen molar-refractivity contribution >= 4 is 27.0 Å². The minimum Gasteiger partial charge on any atom is -0.439 e. The fourth-order valence-corrected chi connectivity index (χ4v) is 3.42. The molecule has 0 amide bonds. The topological polar surface area (TPSA) is 58.3 Å². The first-order valence-electron chi connectivity index (χ1n) is 7.55. The first-order valence-corrected chi connectivity index (χ1v) is 8.34. The first kappa shape index (κ1) is 15.0. The number of hydrogen-bond acceptors (Lipinski definition) is 4. The molecular formula is C16H21BrN2O2. The van der Waals surface area contributed by atoms with E-state index in [0.29, 0.717) is 0 Å². The zero-order valence-electron chi connectivity index (χ0n) is 12.4. The molecule has 1 aliphatic rings. The lowest BCUT2D eigenvalue weighted by molar-refractivity contribution is 0.148. The second-order valence-corrected chi connectivity index (χ2v) is 6.97. The number of hydrogen-bond donors (Lipinski definition) is 2. The van der Waals surface area contributed by atoms with Gasteiger partial charge < -0.3 is 14.8 Å². The average Bonchev–Trinajstić information content (AvgIpc) is 3.03. The number of rotatable bonds is 4. The van der Waals surface area contributed by atoms with Gasteiger partial charge in [-0.05, 0) is 52.9 Å². The Bertz CT molecular complexity index is 638. The van der Waals surface area contributed by atoms with E-state index in [2.05, 4.69) is 52.2 Å². The van der Waals surface area contributed by atoms with E-state index in [1.54, 1.807) is 0 Å². The quantitative estimate of drug-likeness (QED) is 0.880. The van der Waals surface area contributed by atoms with E-state index >= 15 is 0 Å². The van der Waals surface area contributed by atoms with E-state index in [-0.39, 0.29) is 18.1 Å². The highest BCUT2D eigenvalue weighted by Crippen LogP contribution is 2.29. The Morgan fingerprint density at radius 2 is 2.24 bits per heavy atom. The average molecular weight is 353 g/mol. The molecule has 2 N–H and O–H groups in total. The molecule has 0 aliphatic heterocycles. The molecule has 1 saturated carbocycles. The van der Waals surface area contributed by atoms with Gasteiger partial charge >= 0.3 is 0 Å². The maximum Gasteiger partial charge on any atom is 0.198 e. The number of fused-ring (bicyclic) bond motifs is 1. The summed E-state index contributed by atoms with van der Waals surface area (Å²) in [7, 11) is 0. The third kappa shape index (κ3) is 3.15. The molecule has 1 fully saturated rings. The number of nitrogens with one attached hydrogen (secondary N) is 1. The lowest BCUT2D eigenvalue weighted by atomic mass is 10.1. The molecule has 0 spiro atoms. The number of nitrogens with zero attached hydrogens (tertiary/aromatic N) is 1. The van der Waals surface area contributed by atoms with Crippen LogP contribution in [0.5, 0.6) is 0 Å². The van der Waals surface area contributed by atoms with Gasteiger partial charge in [0.15, 0.2) is 11.5 Å². The minimum absolute atomic E-state index is 0.211. The second kappa shape index (κ2) is 6.07. The van der Waals surface area contributed by atoms with Crippen LogP contribution in [0.1, 0.15) is 50.5 Å². The van der Waals surface area contributed by atoms with Crippen LogP contribution in [0.25, 0.3) is 11.1 Å². The number of halogens is 1. The van der Waals surface area contributed by atoms with Gasteiger partial charge in [0.25, 0.3) is 0 Å². The number of oxazole rings is 1. The summed E-state index contributed by atoms with van der Waals surface area (Å²) in [4.78, 5) is 4.55. The normalized spacial score (nSPS) is 22.5. The smallest absolute Gasteiger partial charge is 0.198 e. The molecule has 114 valence electrons. The molecule has 3 rings (SSSR count). The van der Waals surface area contributed by atoms with Crippen molar-refractivity contribution in [2.45, 2.75) is 57.7 Å². The van der Waals surface area contributed by atoms with Crippen molar-refractivity contribution in [3.8, 4) is 0 Å². The summed E-state index contributed by atoms with van der Waals surface area (Å²) < 4.78 is 6.73. The van der Waals surface area contributed by atoms with Gasteiger partial charge in [0, 0.05) is 18.5 Å². The van der Waals surface area contributed by atoms with Crippen LogP contribution in [0.4, 0.5) is 0 Å². The molecular weight excluding hydrogens is 332 g/mol. The lowest BCUT2D eigenvalue weighted by Crippen LogP contribution is -2.35. The van der Waals surface area contributed by atoms with Crippen LogP contribution in [0, 0.1) is 0 Å². The van der Waals surface area contributed by atoms with Crippen molar-refractivity contribution < 1.29 is 9.52 Å². The van der Waals surface area contributed by atoms with Gasteiger partial charge in [-0.3, -0.25) is 0 Å². The predicted octanol–water partition coefficient (Wildman–Crippen LogP) is 3.72. The summed E-state index contributed by atoms with van der Waals surface area (Å²) in [6.45, 7) is 4.88. The van der Waals surface area contributed by atoms with Gasteiger partial charge in [0.1, 0.15) is 5.52 Å². The van der Waals surface area contributed by atoms with Gasteiger partial charge in [0.05, 0.1) is 10.6 Å². The predicted molar refractivity (Wildman–Crippen MR) is 86.3 cm³/mol. The monoisotopic (exact) mass is 352 g/mol. The molecule has 1 aromatic heterocycles. The molecule has 1 aromatic carbocycles. The fourth-order valence-electron chi connectivity index (χ4n) is 2.84. The van der Waals surface area contributed by atoms with Crippen molar-refractivity contribution in [1.82, 2.24) is 10.3 Å². The molecule has 5 heteroatoms. The summed E-state index contributed by atoms with van der Waals surface area (Å²) in [6, 6.07) is 4.33. The largest absolute Gasteiger partial charge is 0.439 e. The number of aromatic nitrogens is 1. The molecule has 0 bridgehead atoms. The molecule has 0 radical (unpaired) electrons. The molecule has 4 nitrogen and oxygen atoms in total. The van der Waals surface area contributed by atoms with Gasteiger partial charge in [0.2, 0.25) is 0 Å². The summed E-state index contributed by atoms with van der Waals surface area (Å²) in [6.07, 6.45) is 2.84. The summed E-state index contributed by atoms with van der Waals surface area (Å²) >= 11 is 3.56. The SMILES string of the molecule is CC(C)c1nc2cc(CN[C@H]3CCC[C@@H]3O)cc(Br)c2o1. The Kier molecular flexibility index (Phi) is 4.33. The zero-order chi connectivity index (χ0) is 15.0. The van der Waals surface area contributed by atoms with Crippen LogP contribution < -0.4 is 5.32 Å². The van der Waals surface area contributed by atoms with E-state index in [1.165, 1.54) is 0 Å². The summed E-state index contributed by atoms with van der Waals surface area (Å²) in [5.41, 5.74) is 2.84. The van der Waals surface area contributed by atoms with E-state index in [0.717, 1.165) is 52.8 Å². The molecule has 0 unspecified atom stereocenters. The minimum atomic E-state index is -0.211. The van der Waals surface area contributed by atoms with Gasteiger partial charge in [-0.2, -0.15) is 0 Å². The Hall–Kier alpha value is -0.910. The van der Waals surface area contributed by atoms with E-state index in [1.807, 2.05) is 0 Å². The molecule has 2 atom stereocenters. The van der Waals surface area contributed by atoms with Crippen LogP contribution in [0.15, 0.2) is 21.0 Å². The summed E-state index contributed by atoms with van der Waals surface area (Å²) in [5, 5.41) is 13.3. The van der Waals surface area contributed by atoms with Crippen molar-refractivity contribution in [1.29, 1.82) is 0 Å². The maximum absolute atomic E-state index is 9.86. The van der Waals surface area contributed by atoms with Gasteiger partial charge in [-0.15, -0.1) is 0 Å². The van der Waals surface area contributed by atoms with Crippen LogP contribution in [-0.2, 0) is 6.54 Å². The molecule has 2 aromatic rings. The van der Waals surface area contributed by atoms with E-state index in [4.69, 9.17) is 4.42 Å².